The van der Waals surface area contributed by atoms with Crippen LogP contribution in [0.1, 0.15) is 17.3 Å². The summed E-state index contributed by atoms with van der Waals surface area (Å²) in [5.41, 5.74) is 0.473. The van der Waals surface area contributed by atoms with E-state index in [-0.39, 0.29) is 42.1 Å². The fourth-order valence-electron chi connectivity index (χ4n) is 3.09. The SMILES string of the molecule is CC(=O)c1ccc(S(=O)(=O)N2CCN(C(=O)C3CNCCO3)CC2)cc1.Cl. The fraction of sp³-hybridized carbons (Fsp3) is 0.529. The standard InChI is InChI=1S/C17H23N3O5S.ClH/c1-13(21)14-2-4-15(5-3-14)26(23,24)20-9-7-19(8-10-20)17(22)16-12-18-6-11-25-16;/h2-5,16,18H,6-12H2,1H3;1H. The van der Waals surface area contributed by atoms with Gasteiger partial charge in [0.25, 0.3) is 5.91 Å². The molecule has 0 radical (unpaired) electrons. The number of benzene rings is 1. The van der Waals surface area contributed by atoms with Crippen LogP contribution >= 0.6 is 12.4 Å². The topological polar surface area (TPSA) is 96.0 Å². The number of nitrogens with zero attached hydrogens (tertiary/aromatic N) is 2. The van der Waals surface area contributed by atoms with Crippen molar-refractivity contribution in [2.45, 2.75) is 17.9 Å². The number of carbonyl (C=O) groups is 2. The van der Waals surface area contributed by atoms with Gasteiger partial charge in [0.2, 0.25) is 10.0 Å². The Labute approximate surface area is 165 Å². The lowest BCUT2D eigenvalue weighted by atomic mass is 10.2. The number of amides is 1. The van der Waals surface area contributed by atoms with Gasteiger partial charge in [-0.2, -0.15) is 4.31 Å². The molecule has 2 aliphatic heterocycles. The van der Waals surface area contributed by atoms with Gasteiger partial charge in [0.05, 0.1) is 11.5 Å². The minimum absolute atomic E-state index is 0. The predicted octanol–water partition coefficient (Wildman–Crippen LogP) is 0.132. The van der Waals surface area contributed by atoms with Gasteiger partial charge in [-0.1, -0.05) is 12.1 Å². The first kappa shape index (κ1) is 21.8. The normalized spacial score (nSPS) is 21.4. The van der Waals surface area contributed by atoms with E-state index in [9.17, 15) is 18.0 Å². The second-order valence-corrected chi connectivity index (χ2v) is 8.31. The van der Waals surface area contributed by atoms with Crippen LogP contribution in [0.4, 0.5) is 0 Å². The van der Waals surface area contributed by atoms with Crippen LogP contribution in [-0.4, -0.2) is 81.3 Å². The van der Waals surface area contributed by atoms with Gasteiger partial charge >= 0.3 is 0 Å². The molecule has 0 bridgehead atoms. The van der Waals surface area contributed by atoms with E-state index in [0.29, 0.717) is 31.8 Å². The number of nitrogens with one attached hydrogen (secondary N) is 1. The molecule has 0 spiro atoms. The van der Waals surface area contributed by atoms with Crippen molar-refractivity contribution < 1.29 is 22.7 Å². The molecule has 1 amide bonds. The van der Waals surface area contributed by atoms with Crippen molar-refractivity contribution in [3.63, 3.8) is 0 Å². The summed E-state index contributed by atoms with van der Waals surface area (Å²) < 4.78 is 32.3. The quantitative estimate of drug-likeness (QED) is 0.700. The molecule has 8 nitrogen and oxygen atoms in total. The van der Waals surface area contributed by atoms with Crippen molar-refractivity contribution >= 4 is 34.1 Å². The third-order valence-electron chi connectivity index (χ3n) is 4.65. The molecule has 1 N–H and O–H groups in total. The highest BCUT2D eigenvalue weighted by molar-refractivity contribution is 7.89. The van der Waals surface area contributed by atoms with Gasteiger partial charge in [0, 0.05) is 44.8 Å². The van der Waals surface area contributed by atoms with E-state index in [1.165, 1.54) is 35.5 Å². The summed E-state index contributed by atoms with van der Waals surface area (Å²) in [4.78, 5) is 25.6. The summed E-state index contributed by atoms with van der Waals surface area (Å²) in [6.45, 7) is 4.31. The van der Waals surface area contributed by atoms with Gasteiger partial charge in [-0.3, -0.25) is 9.59 Å². The Hall–Kier alpha value is -1.52. The van der Waals surface area contributed by atoms with Gasteiger partial charge in [-0.05, 0) is 19.1 Å². The molecule has 0 aromatic heterocycles. The Balaban J connectivity index is 0.00000261. The number of rotatable bonds is 4. The Morgan fingerprint density at radius 2 is 1.74 bits per heavy atom. The highest BCUT2D eigenvalue weighted by Crippen LogP contribution is 2.19. The first-order valence-corrected chi connectivity index (χ1v) is 10.1. The van der Waals surface area contributed by atoms with E-state index in [2.05, 4.69) is 5.32 Å². The number of hydrogen-bond acceptors (Lipinski definition) is 6. The summed E-state index contributed by atoms with van der Waals surface area (Å²) in [6, 6.07) is 5.93. The molecule has 27 heavy (non-hydrogen) atoms. The van der Waals surface area contributed by atoms with E-state index >= 15 is 0 Å². The highest BCUT2D eigenvalue weighted by atomic mass is 35.5. The molecule has 1 unspecified atom stereocenters. The zero-order valence-electron chi connectivity index (χ0n) is 15.1. The maximum absolute atomic E-state index is 12.7. The van der Waals surface area contributed by atoms with Crippen molar-refractivity contribution in [3.05, 3.63) is 29.8 Å². The van der Waals surface area contributed by atoms with E-state index in [0.717, 1.165) is 6.54 Å². The number of sulfonamides is 1. The number of ketones is 1. The lowest BCUT2D eigenvalue weighted by Gasteiger charge is -2.36. The van der Waals surface area contributed by atoms with Gasteiger partial charge in [-0.15, -0.1) is 12.4 Å². The minimum Gasteiger partial charge on any atom is -0.366 e. The maximum Gasteiger partial charge on any atom is 0.253 e. The van der Waals surface area contributed by atoms with Crippen molar-refractivity contribution in [2.24, 2.45) is 0 Å². The Morgan fingerprint density at radius 1 is 1.11 bits per heavy atom. The lowest BCUT2D eigenvalue weighted by molar-refractivity contribution is -0.146. The number of Topliss-reactive ketones (excluding diaryl/α,β-unsaturated/α-hetero) is 1. The van der Waals surface area contributed by atoms with Gasteiger partial charge in [-0.25, -0.2) is 8.42 Å². The third-order valence-corrected chi connectivity index (χ3v) is 6.56. The van der Waals surface area contributed by atoms with Crippen LogP contribution in [-0.2, 0) is 19.6 Å². The van der Waals surface area contributed by atoms with Crippen LogP contribution in [0.3, 0.4) is 0 Å². The molecule has 10 heteroatoms. The molecule has 0 aliphatic carbocycles. The van der Waals surface area contributed by atoms with Crippen LogP contribution < -0.4 is 5.32 Å². The van der Waals surface area contributed by atoms with Crippen molar-refractivity contribution in [2.75, 3.05) is 45.9 Å². The van der Waals surface area contributed by atoms with E-state index < -0.39 is 16.1 Å². The summed E-state index contributed by atoms with van der Waals surface area (Å²) in [5, 5.41) is 3.12. The first-order chi connectivity index (χ1) is 12.4. The maximum atomic E-state index is 12.7. The van der Waals surface area contributed by atoms with Crippen molar-refractivity contribution in [1.29, 1.82) is 0 Å². The van der Waals surface area contributed by atoms with E-state index in [1.54, 1.807) is 4.90 Å². The van der Waals surface area contributed by atoms with E-state index in [4.69, 9.17) is 4.74 Å². The molecule has 1 aromatic rings. The lowest BCUT2D eigenvalue weighted by Crippen LogP contribution is -2.55. The van der Waals surface area contributed by atoms with Crippen molar-refractivity contribution in [1.82, 2.24) is 14.5 Å². The Morgan fingerprint density at radius 3 is 2.26 bits per heavy atom. The van der Waals surface area contributed by atoms with Crippen molar-refractivity contribution in [3.8, 4) is 0 Å². The van der Waals surface area contributed by atoms with E-state index in [1.807, 2.05) is 0 Å². The first-order valence-electron chi connectivity index (χ1n) is 8.62. The van der Waals surface area contributed by atoms with Gasteiger partial charge in [0.15, 0.2) is 5.78 Å². The third kappa shape index (κ3) is 4.85. The number of piperazine rings is 1. The molecule has 2 saturated heterocycles. The minimum atomic E-state index is -3.64. The zero-order valence-corrected chi connectivity index (χ0v) is 16.7. The van der Waals surface area contributed by atoms with Crippen LogP contribution in [0, 0.1) is 0 Å². The highest BCUT2D eigenvalue weighted by Gasteiger charge is 2.33. The Bertz CT molecular complexity index is 770. The number of halogens is 1. The largest absolute Gasteiger partial charge is 0.366 e. The second kappa shape index (κ2) is 9.11. The van der Waals surface area contributed by atoms with Crippen LogP contribution in [0.25, 0.3) is 0 Å². The summed E-state index contributed by atoms with van der Waals surface area (Å²) in [6.07, 6.45) is -0.494. The molecule has 3 rings (SSSR count). The molecule has 0 saturated carbocycles. The monoisotopic (exact) mass is 417 g/mol. The molecule has 150 valence electrons. The number of hydrogen-bond donors (Lipinski definition) is 1. The number of ether oxygens (including phenoxy) is 1. The number of carbonyl (C=O) groups excluding carboxylic acids is 2. The molecular weight excluding hydrogens is 394 g/mol. The van der Waals surface area contributed by atoms with Crippen LogP contribution in [0.2, 0.25) is 0 Å². The van der Waals surface area contributed by atoms with Gasteiger partial charge < -0.3 is 15.0 Å². The summed E-state index contributed by atoms with van der Waals surface area (Å²) in [5.74, 6) is -0.208. The molecule has 1 atom stereocenters. The molecule has 2 fully saturated rings. The van der Waals surface area contributed by atoms with Crippen LogP contribution in [0.15, 0.2) is 29.2 Å². The van der Waals surface area contributed by atoms with Gasteiger partial charge in [0.1, 0.15) is 6.10 Å². The zero-order chi connectivity index (χ0) is 18.7. The summed E-state index contributed by atoms with van der Waals surface area (Å²) >= 11 is 0. The average molecular weight is 418 g/mol. The molecule has 2 heterocycles. The fourth-order valence-corrected chi connectivity index (χ4v) is 4.51. The molecular formula is C17H24ClN3O5S. The summed E-state index contributed by atoms with van der Waals surface area (Å²) in [7, 11) is -3.64. The molecule has 2 aliphatic rings. The predicted molar refractivity (Wildman–Crippen MR) is 102 cm³/mol. The Kier molecular flexibility index (Phi) is 7.35. The second-order valence-electron chi connectivity index (χ2n) is 6.37. The average Bonchev–Trinajstić information content (AvgIpc) is 2.68. The van der Waals surface area contributed by atoms with Crippen LogP contribution in [0.5, 0.6) is 0 Å². The number of morpholine rings is 1. The smallest absolute Gasteiger partial charge is 0.253 e. The molecule has 1 aromatic carbocycles.